The number of hydrogen-bond donors (Lipinski definition) is 1. The molecule has 0 atom stereocenters. The van der Waals surface area contributed by atoms with Crippen molar-refractivity contribution in [3.63, 3.8) is 0 Å². The summed E-state index contributed by atoms with van der Waals surface area (Å²) in [5.41, 5.74) is -2.79. The normalized spacial score (nSPS) is 18.2. The minimum atomic E-state index is -4.22. The SMILES string of the molecule is CC(C)(O)C(C)(C)O[B]c1cccc(C2(C(F)(F)F)CC2)c1. The third kappa shape index (κ3) is 3.18. The minimum Gasteiger partial charge on any atom is -0.427 e. The number of halogens is 3. The maximum Gasteiger partial charge on any atom is 0.398 e. The van der Waals surface area contributed by atoms with Gasteiger partial charge in [0.2, 0.25) is 0 Å². The van der Waals surface area contributed by atoms with E-state index in [2.05, 4.69) is 0 Å². The lowest BCUT2D eigenvalue weighted by Crippen LogP contribution is -2.49. The number of hydrogen-bond acceptors (Lipinski definition) is 2. The summed E-state index contributed by atoms with van der Waals surface area (Å²) < 4.78 is 45.1. The van der Waals surface area contributed by atoms with Crippen molar-refractivity contribution in [2.45, 2.75) is 63.3 Å². The summed E-state index contributed by atoms with van der Waals surface area (Å²) in [4.78, 5) is 0. The smallest absolute Gasteiger partial charge is 0.398 e. The molecule has 0 spiro atoms. The molecule has 0 amide bonds. The maximum absolute atomic E-state index is 13.2. The topological polar surface area (TPSA) is 29.5 Å². The van der Waals surface area contributed by atoms with Crippen molar-refractivity contribution >= 4 is 12.9 Å². The van der Waals surface area contributed by atoms with Gasteiger partial charge in [-0.2, -0.15) is 13.2 Å². The van der Waals surface area contributed by atoms with Crippen LogP contribution in [0.4, 0.5) is 13.2 Å². The summed E-state index contributed by atoms with van der Waals surface area (Å²) >= 11 is 0. The molecule has 1 saturated carbocycles. The Morgan fingerprint density at radius 2 is 1.73 bits per heavy atom. The lowest BCUT2D eigenvalue weighted by atomic mass is 9.80. The van der Waals surface area contributed by atoms with Crippen LogP contribution in [-0.4, -0.2) is 30.0 Å². The van der Waals surface area contributed by atoms with Crippen molar-refractivity contribution < 1.29 is 22.9 Å². The fraction of sp³-hybridized carbons (Fsp3) is 0.625. The average Bonchev–Trinajstić information content (AvgIpc) is 3.16. The van der Waals surface area contributed by atoms with E-state index in [4.69, 9.17) is 4.65 Å². The van der Waals surface area contributed by atoms with Crippen LogP contribution >= 0.6 is 0 Å². The monoisotopic (exact) mass is 313 g/mol. The first-order chi connectivity index (χ1) is 9.89. The predicted octanol–water partition coefficient (Wildman–Crippen LogP) is 3.09. The molecule has 1 fully saturated rings. The zero-order chi connectivity index (χ0) is 16.8. The maximum atomic E-state index is 13.2. The van der Waals surface area contributed by atoms with Gasteiger partial charge in [-0.25, -0.2) is 0 Å². The molecule has 0 unspecified atom stereocenters. The van der Waals surface area contributed by atoms with E-state index < -0.39 is 22.8 Å². The summed E-state index contributed by atoms with van der Waals surface area (Å²) in [5, 5.41) is 10.0. The Morgan fingerprint density at radius 3 is 2.18 bits per heavy atom. The Labute approximate surface area is 130 Å². The number of rotatable bonds is 5. The van der Waals surface area contributed by atoms with Crippen LogP contribution in [0, 0.1) is 0 Å². The Kier molecular flexibility index (Phi) is 4.16. The van der Waals surface area contributed by atoms with Crippen LogP contribution in [0.15, 0.2) is 24.3 Å². The van der Waals surface area contributed by atoms with Gasteiger partial charge in [-0.05, 0) is 46.1 Å². The van der Waals surface area contributed by atoms with Gasteiger partial charge in [0.1, 0.15) is 0 Å². The van der Waals surface area contributed by atoms with E-state index in [1.54, 1.807) is 39.8 Å². The molecular weight excluding hydrogens is 292 g/mol. The molecule has 0 saturated heterocycles. The molecule has 1 aliphatic rings. The van der Waals surface area contributed by atoms with E-state index in [9.17, 15) is 18.3 Å². The highest BCUT2D eigenvalue weighted by Gasteiger charge is 2.64. The fourth-order valence-electron chi connectivity index (χ4n) is 2.13. The molecule has 1 aromatic carbocycles. The number of benzene rings is 1. The van der Waals surface area contributed by atoms with E-state index in [0.717, 1.165) is 0 Å². The molecule has 6 heteroatoms. The summed E-state index contributed by atoms with van der Waals surface area (Å²) in [6.07, 6.45) is -3.95. The van der Waals surface area contributed by atoms with Gasteiger partial charge in [0.05, 0.1) is 16.6 Å². The van der Waals surface area contributed by atoms with Gasteiger partial charge < -0.3 is 9.76 Å². The molecule has 1 aliphatic carbocycles. The van der Waals surface area contributed by atoms with Crippen molar-refractivity contribution in [1.82, 2.24) is 0 Å². The zero-order valence-electron chi connectivity index (χ0n) is 13.3. The van der Waals surface area contributed by atoms with Gasteiger partial charge in [0.25, 0.3) is 0 Å². The standard InChI is InChI=1S/C16H21BF3O2/c1-13(2,21)14(3,4)22-17-12-7-5-6-11(10-12)15(8-9-15)16(18,19)20/h5-7,10,21H,8-9H2,1-4H3. The Morgan fingerprint density at radius 1 is 1.14 bits per heavy atom. The largest absolute Gasteiger partial charge is 0.427 e. The Balaban J connectivity index is 2.14. The lowest BCUT2D eigenvalue weighted by Gasteiger charge is -2.37. The van der Waals surface area contributed by atoms with Crippen LogP contribution in [0.2, 0.25) is 0 Å². The molecule has 2 nitrogen and oxygen atoms in total. The quantitative estimate of drug-likeness (QED) is 0.847. The second-order valence-electron chi connectivity index (χ2n) is 7.01. The molecule has 0 bridgehead atoms. The Bertz CT molecular complexity index is 543. The second-order valence-corrected chi connectivity index (χ2v) is 7.01. The number of alkyl halides is 3. The van der Waals surface area contributed by atoms with E-state index in [0.29, 0.717) is 5.46 Å². The van der Waals surface area contributed by atoms with Crippen LogP contribution in [0.3, 0.4) is 0 Å². The van der Waals surface area contributed by atoms with Gasteiger partial charge in [-0.1, -0.05) is 29.7 Å². The van der Waals surface area contributed by atoms with Crippen molar-refractivity contribution in [2.75, 3.05) is 0 Å². The van der Waals surface area contributed by atoms with Gasteiger partial charge in [0.15, 0.2) is 0 Å². The molecule has 2 rings (SSSR count). The molecule has 121 valence electrons. The highest BCUT2D eigenvalue weighted by atomic mass is 19.4. The van der Waals surface area contributed by atoms with E-state index >= 15 is 0 Å². The van der Waals surface area contributed by atoms with E-state index in [-0.39, 0.29) is 18.4 Å². The summed E-state index contributed by atoms with van der Waals surface area (Å²) in [6.45, 7) is 6.71. The van der Waals surface area contributed by atoms with Crippen LogP contribution in [0.1, 0.15) is 46.1 Å². The first kappa shape index (κ1) is 17.4. The van der Waals surface area contributed by atoms with Crippen molar-refractivity contribution in [2.24, 2.45) is 0 Å². The molecule has 1 aromatic rings. The van der Waals surface area contributed by atoms with Crippen LogP contribution in [0.25, 0.3) is 0 Å². The van der Waals surface area contributed by atoms with Crippen molar-refractivity contribution in [3.05, 3.63) is 29.8 Å². The summed E-state index contributed by atoms with van der Waals surface area (Å²) in [5.74, 6) is 0. The van der Waals surface area contributed by atoms with E-state index in [1.807, 2.05) is 0 Å². The molecule has 0 aromatic heterocycles. The molecule has 0 aliphatic heterocycles. The molecule has 1 N–H and O–H groups in total. The van der Waals surface area contributed by atoms with E-state index in [1.165, 1.54) is 19.6 Å². The molecular formula is C16H21BF3O2. The highest BCUT2D eigenvalue weighted by molar-refractivity contribution is 6.47. The van der Waals surface area contributed by atoms with Crippen LogP contribution in [0.5, 0.6) is 0 Å². The third-order valence-electron chi connectivity index (χ3n) is 4.69. The minimum absolute atomic E-state index is 0.135. The second kappa shape index (κ2) is 5.27. The Hall–Kier alpha value is -1.01. The number of aliphatic hydroxyl groups is 1. The highest BCUT2D eigenvalue weighted by Crippen LogP contribution is 2.58. The van der Waals surface area contributed by atoms with Crippen LogP contribution in [-0.2, 0) is 10.1 Å². The fourth-order valence-corrected chi connectivity index (χ4v) is 2.13. The van der Waals surface area contributed by atoms with Gasteiger partial charge in [0, 0.05) is 0 Å². The van der Waals surface area contributed by atoms with Crippen LogP contribution < -0.4 is 5.46 Å². The molecule has 0 heterocycles. The average molecular weight is 313 g/mol. The third-order valence-corrected chi connectivity index (χ3v) is 4.69. The molecule has 22 heavy (non-hydrogen) atoms. The van der Waals surface area contributed by atoms with Gasteiger partial charge in [-0.15, -0.1) is 0 Å². The van der Waals surface area contributed by atoms with Crippen molar-refractivity contribution in [1.29, 1.82) is 0 Å². The predicted molar refractivity (Wildman–Crippen MR) is 80.3 cm³/mol. The van der Waals surface area contributed by atoms with Gasteiger partial charge in [-0.3, -0.25) is 0 Å². The van der Waals surface area contributed by atoms with Gasteiger partial charge >= 0.3 is 13.7 Å². The summed E-state index contributed by atoms with van der Waals surface area (Å²) in [6, 6.07) is 6.32. The van der Waals surface area contributed by atoms with Crippen molar-refractivity contribution in [3.8, 4) is 0 Å². The first-order valence-electron chi connectivity index (χ1n) is 7.30. The first-order valence-corrected chi connectivity index (χ1v) is 7.30. The molecule has 1 radical (unpaired) electrons. The lowest BCUT2D eigenvalue weighted by molar-refractivity contribution is -0.160. The summed E-state index contributed by atoms with van der Waals surface area (Å²) in [7, 11) is 1.41. The zero-order valence-corrected chi connectivity index (χ0v) is 13.3.